The van der Waals surface area contributed by atoms with E-state index in [2.05, 4.69) is 36.2 Å². The molecule has 3 N–H and O–H groups in total. The molecule has 3 aromatic heterocycles. The first kappa shape index (κ1) is 11.9. The van der Waals surface area contributed by atoms with Crippen LogP contribution in [0.15, 0.2) is 41.5 Å². The van der Waals surface area contributed by atoms with Crippen LogP contribution in [-0.2, 0) is 6.54 Å². The van der Waals surface area contributed by atoms with Gasteiger partial charge in [-0.15, -0.1) is 0 Å². The Balaban J connectivity index is 1.79. The second kappa shape index (κ2) is 4.85. The molecule has 0 unspecified atom stereocenters. The Morgan fingerprint density at radius 3 is 3.11 bits per heavy atom. The van der Waals surface area contributed by atoms with Gasteiger partial charge in [-0.3, -0.25) is 0 Å². The molecule has 19 heavy (non-hydrogen) atoms. The Kier molecular flexibility index (Phi) is 3.04. The van der Waals surface area contributed by atoms with Crippen molar-refractivity contribution in [3.05, 3.63) is 47.1 Å². The Hall–Kier alpha value is -2.15. The largest absolute Gasteiger partial charge is 0.381 e. The number of pyridine rings is 1. The molecule has 0 radical (unpaired) electrons. The number of nitrogen functional groups attached to an aromatic ring is 1. The molecule has 3 aromatic rings. The number of rotatable bonds is 3. The van der Waals surface area contributed by atoms with E-state index in [9.17, 15) is 0 Å². The highest BCUT2D eigenvalue weighted by Crippen LogP contribution is 2.16. The molecule has 3 rings (SSSR count). The molecule has 0 spiro atoms. The molecule has 0 atom stereocenters. The lowest BCUT2D eigenvalue weighted by atomic mass is 10.3. The summed E-state index contributed by atoms with van der Waals surface area (Å²) in [5.41, 5.74) is 7.78. The van der Waals surface area contributed by atoms with Crippen LogP contribution in [0.2, 0.25) is 0 Å². The average molecular weight is 319 g/mol. The Morgan fingerprint density at radius 1 is 1.32 bits per heavy atom. The van der Waals surface area contributed by atoms with Gasteiger partial charge in [0.2, 0.25) is 0 Å². The third-order valence-electron chi connectivity index (χ3n) is 2.68. The number of aromatic nitrogens is 4. The summed E-state index contributed by atoms with van der Waals surface area (Å²) in [4.78, 5) is 12.5. The van der Waals surface area contributed by atoms with E-state index < -0.39 is 0 Å². The first-order valence-electron chi connectivity index (χ1n) is 5.66. The highest BCUT2D eigenvalue weighted by atomic mass is 79.9. The van der Waals surface area contributed by atoms with Crippen molar-refractivity contribution >= 4 is 33.2 Å². The van der Waals surface area contributed by atoms with Crippen molar-refractivity contribution in [3.63, 3.8) is 0 Å². The van der Waals surface area contributed by atoms with E-state index in [0.717, 1.165) is 11.2 Å². The van der Waals surface area contributed by atoms with Crippen LogP contribution >= 0.6 is 15.9 Å². The molecule has 0 aliphatic rings. The lowest BCUT2D eigenvalue weighted by Crippen LogP contribution is -2.06. The van der Waals surface area contributed by atoms with E-state index in [1.54, 1.807) is 12.4 Å². The minimum absolute atomic E-state index is 0.381. The number of nitrogens with two attached hydrogens (primary N) is 1. The Morgan fingerprint density at radius 2 is 2.21 bits per heavy atom. The van der Waals surface area contributed by atoms with Crippen LogP contribution in [-0.4, -0.2) is 19.4 Å². The predicted molar refractivity (Wildman–Crippen MR) is 76.7 cm³/mol. The highest BCUT2D eigenvalue weighted by Gasteiger charge is 2.03. The van der Waals surface area contributed by atoms with Crippen molar-refractivity contribution in [2.45, 2.75) is 6.54 Å². The van der Waals surface area contributed by atoms with Crippen molar-refractivity contribution in [1.82, 2.24) is 19.4 Å². The molecule has 6 nitrogen and oxygen atoms in total. The van der Waals surface area contributed by atoms with E-state index in [1.807, 2.05) is 28.9 Å². The second-order valence-electron chi connectivity index (χ2n) is 4.01. The zero-order valence-electron chi connectivity index (χ0n) is 9.92. The molecular weight excluding hydrogens is 308 g/mol. The van der Waals surface area contributed by atoms with E-state index in [1.165, 1.54) is 0 Å². The lowest BCUT2D eigenvalue weighted by molar-refractivity contribution is 1.05. The smallest absolute Gasteiger partial charge is 0.170 e. The molecule has 0 amide bonds. The van der Waals surface area contributed by atoms with Gasteiger partial charge in [0.1, 0.15) is 10.3 Å². The van der Waals surface area contributed by atoms with Gasteiger partial charge in [0.05, 0.1) is 6.20 Å². The number of nitrogens with zero attached hydrogens (tertiary/aromatic N) is 4. The molecule has 0 bridgehead atoms. The molecule has 96 valence electrons. The maximum absolute atomic E-state index is 5.76. The maximum Gasteiger partial charge on any atom is 0.170 e. The predicted octanol–water partition coefficient (Wildman–Crippen LogP) is 2.08. The number of imidazole rings is 1. The molecule has 0 fully saturated rings. The fourth-order valence-corrected chi connectivity index (χ4v) is 2.04. The molecular formula is C12H11BrN6. The summed E-state index contributed by atoms with van der Waals surface area (Å²) in [6.07, 6.45) is 7.26. The van der Waals surface area contributed by atoms with Gasteiger partial charge < -0.3 is 15.5 Å². The van der Waals surface area contributed by atoms with Crippen LogP contribution in [0.3, 0.4) is 0 Å². The van der Waals surface area contributed by atoms with Crippen molar-refractivity contribution < 1.29 is 0 Å². The van der Waals surface area contributed by atoms with Crippen LogP contribution in [0.5, 0.6) is 0 Å². The van der Waals surface area contributed by atoms with Crippen LogP contribution < -0.4 is 11.1 Å². The summed E-state index contributed by atoms with van der Waals surface area (Å²) in [5, 5.41) is 3.16. The lowest BCUT2D eigenvalue weighted by Gasteiger charge is -2.08. The van der Waals surface area contributed by atoms with Crippen molar-refractivity contribution in [3.8, 4) is 0 Å². The molecule has 7 heteroatoms. The highest BCUT2D eigenvalue weighted by molar-refractivity contribution is 9.10. The number of nitrogens with one attached hydrogen (secondary N) is 1. The molecule has 3 heterocycles. The summed E-state index contributed by atoms with van der Waals surface area (Å²) >= 11 is 3.27. The van der Waals surface area contributed by atoms with Gasteiger partial charge in [-0.05, 0) is 27.6 Å². The van der Waals surface area contributed by atoms with Gasteiger partial charge in [0, 0.05) is 25.1 Å². The topological polar surface area (TPSA) is 81.1 Å². The van der Waals surface area contributed by atoms with Crippen molar-refractivity contribution in [1.29, 1.82) is 0 Å². The van der Waals surface area contributed by atoms with Crippen LogP contribution in [0, 0.1) is 0 Å². The fourth-order valence-electron chi connectivity index (χ4n) is 1.76. The van der Waals surface area contributed by atoms with Gasteiger partial charge in [-0.1, -0.05) is 6.07 Å². The quantitative estimate of drug-likeness (QED) is 0.772. The summed E-state index contributed by atoms with van der Waals surface area (Å²) in [5.74, 6) is 0.951. The third kappa shape index (κ3) is 2.50. The zero-order chi connectivity index (χ0) is 13.2. The van der Waals surface area contributed by atoms with Crippen molar-refractivity contribution in [2.24, 2.45) is 0 Å². The molecule has 0 saturated heterocycles. The maximum atomic E-state index is 5.76. The van der Waals surface area contributed by atoms with E-state index in [4.69, 9.17) is 5.73 Å². The molecule has 0 aliphatic carbocycles. The fraction of sp³-hybridized carbons (Fsp3) is 0.0833. The number of anilines is 2. The Labute approximate surface area is 117 Å². The number of hydrogen-bond donors (Lipinski definition) is 2. The van der Waals surface area contributed by atoms with Crippen LogP contribution in [0.25, 0.3) is 5.65 Å². The first-order valence-corrected chi connectivity index (χ1v) is 6.45. The van der Waals surface area contributed by atoms with Crippen LogP contribution in [0.4, 0.5) is 11.6 Å². The minimum Gasteiger partial charge on any atom is -0.381 e. The van der Waals surface area contributed by atoms with E-state index in [-0.39, 0.29) is 0 Å². The number of fused-ring (bicyclic) bond motifs is 1. The minimum atomic E-state index is 0.381. The zero-order valence-corrected chi connectivity index (χ0v) is 11.5. The monoisotopic (exact) mass is 318 g/mol. The molecule has 0 aromatic carbocycles. The summed E-state index contributed by atoms with van der Waals surface area (Å²) in [6.45, 7) is 0.615. The summed E-state index contributed by atoms with van der Waals surface area (Å²) < 4.78 is 2.61. The van der Waals surface area contributed by atoms with Gasteiger partial charge >= 0.3 is 0 Å². The van der Waals surface area contributed by atoms with E-state index >= 15 is 0 Å². The summed E-state index contributed by atoms with van der Waals surface area (Å²) in [6, 6.07) is 3.98. The van der Waals surface area contributed by atoms with Gasteiger partial charge in [0.25, 0.3) is 0 Å². The van der Waals surface area contributed by atoms with E-state index in [0.29, 0.717) is 22.8 Å². The number of halogens is 1. The van der Waals surface area contributed by atoms with Gasteiger partial charge in [-0.25, -0.2) is 15.0 Å². The second-order valence-corrected chi connectivity index (χ2v) is 4.82. The van der Waals surface area contributed by atoms with Crippen molar-refractivity contribution in [2.75, 3.05) is 11.1 Å². The first-order chi connectivity index (χ1) is 9.22. The number of hydrogen-bond acceptors (Lipinski definition) is 5. The molecule has 0 saturated carbocycles. The summed E-state index contributed by atoms with van der Waals surface area (Å²) in [7, 11) is 0. The average Bonchev–Trinajstić information content (AvgIpc) is 2.87. The third-order valence-corrected chi connectivity index (χ3v) is 3.06. The molecule has 0 aliphatic heterocycles. The SMILES string of the molecule is Nc1ncc(Br)nc1NCc1ccc2nccn2c1. The van der Waals surface area contributed by atoms with Gasteiger partial charge in [0.15, 0.2) is 11.6 Å². The van der Waals surface area contributed by atoms with Crippen LogP contribution in [0.1, 0.15) is 5.56 Å². The standard InChI is InChI=1S/C12H11BrN6/c13-9-6-16-11(14)12(18-9)17-5-8-1-2-10-15-3-4-19(10)7-8/h1-4,6-7H,5H2,(H2,14,16)(H,17,18). The van der Waals surface area contributed by atoms with Gasteiger partial charge in [-0.2, -0.15) is 0 Å². The normalized spacial score (nSPS) is 10.8. The Bertz CT molecular complexity index is 723.